The highest BCUT2D eigenvalue weighted by atomic mass is 16.3. The summed E-state index contributed by atoms with van der Waals surface area (Å²) in [6.45, 7) is 0. The first-order chi connectivity index (χ1) is 27.2. The third-order valence-corrected chi connectivity index (χ3v) is 10.5. The van der Waals surface area contributed by atoms with Crippen LogP contribution in [0.15, 0.2) is 186 Å². The van der Waals surface area contributed by atoms with Crippen molar-refractivity contribution < 1.29 is 4.42 Å². The molecule has 0 aliphatic rings. The maximum absolute atomic E-state index is 6.60. The maximum Gasteiger partial charge on any atom is 0.227 e. The fourth-order valence-corrected chi connectivity index (χ4v) is 7.82. The van der Waals surface area contributed by atoms with Gasteiger partial charge in [-0.15, -0.1) is 0 Å². The SMILES string of the molecule is c1ccc(-c2cccc(-c3nc(-c4ccc5ccc6ccc7ccc8nc(-c9ccccc9)oc8c7c6c5c4)nc(-c4cccc5ccccc45)n3)c2)cc1. The smallest absolute Gasteiger partial charge is 0.227 e. The lowest BCUT2D eigenvalue weighted by Crippen LogP contribution is -2.01. The molecule has 0 N–H and O–H groups in total. The number of rotatable bonds is 5. The van der Waals surface area contributed by atoms with E-state index in [1.807, 2.05) is 42.5 Å². The van der Waals surface area contributed by atoms with Gasteiger partial charge in [0.1, 0.15) is 5.52 Å². The topological polar surface area (TPSA) is 64.7 Å². The van der Waals surface area contributed by atoms with Crippen LogP contribution in [0.3, 0.4) is 0 Å². The van der Waals surface area contributed by atoms with Gasteiger partial charge in [0.25, 0.3) is 0 Å². The summed E-state index contributed by atoms with van der Waals surface area (Å²) >= 11 is 0. The molecule has 256 valence electrons. The van der Waals surface area contributed by atoms with Gasteiger partial charge in [-0.2, -0.15) is 0 Å². The van der Waals surface area contributed by atoms with E-state index in [1.54, 1.807) is 0 Å². The predicted octanol–water partition coefficient (Wildman–Crippen LogP) is 13.0. The fraction of sp³-hybridized carbons (Fsp3) is 0. The fourth-order valence-electron chi connectivity index (χ4n) is 7.82. The van der Waals surface area contributed by atoms with Gasteiger partial charge in [-0.05, 0) is 73.8 Å². The summed E-state index contributed by atoms with van der Waals surface area (Å²) < 4.78 is 6.60. The van der Waals surface area contributed by atoms with Gasteiger partial charge in [-0.3, -0.25) is 0 Å². The minimum absolute atomic E-state index is 0.605. The van der Waals surface area contributed by atoms with Gasteiger partial charge in [0.2, 0.25) is 5.89 Å². The summed E-state index contributed by atoms with van der Waals surface area (Å²) in [4.78, 5) is 20.5. The maximum atomic E-state index is 6.60. The van der Waals surface area contributed by atoms with Crippen molar-refractivity contribution in [2.45, 2.75) is 0 Å². The van der Waals surface area contributed by atoms with Crippen molar-refractivity contribution in [1.29, 1.82) is 0 Å². The van der Waals surface area contributed by atoms with Crippen LogP contribution in [0.4, 0.5) is 0 Å². The molecule has 9 aromatic carbocycles. The number of hydrogen-bond acceptors (Lipinski definition) is 5. The van der Waals surface area contributed by atoms with Gasteiger partial charge in [0, 0.05) is 33.0 Å². The molecule has 5 heteroatoms. The lowest BCUT2D eigenvalue weighted by molar-refractivity contribution is 0.623. The van der Waals surface area contributed by atoms with E-state index in [0.717, 1.165) is 87.6 Å². The summed E-state index contributed by atoms with van der Waals surface area (Å²) in [6, 6.07) is 62.9. The molecule has 0 bridgehead atoms. The largest absolute Gasteiger partial charge is 0.435 e. The predicted molar refractivity (Wildman–Crippen MR) is 225 cm³/mol. The molecular formula is C50H30N4O. The molecule has 0 saturated carbocycles. The number of hydrogen-bond donors (Lipinski definition) is 0. The molecule has 0 spiro atoms. The van der Waals surface area contributed by atoms with Crippen LogP contribution < -0.4 is 0 Å². The van der Waals surface area contributed by atoms with E-state index < -0.39 is 0 Å². The lowest BCUT2D eigenvalue weighted by Gasteiger charge is -2.12. The van der Waals surface area contributed by atoms with Crippen LogP contribution in [-0.4, -0.2) is 19.9 Å². The van der Waals surface area contributed by atoms with Crippen molar-refractivity contribution >= 4 is 54.2 Å². The minimum atomic E-state index is 0.605. The molecule has 11 rings (SSSR count). The molecule has 0 radical (unpaired) electrons. The van der Waals surface area contributed by atoms with Gasteiger partial charge in [0.05, 0.1) is 0 Å². The average molecular weight is 703 g/mol. The van der Waals surface area contributed by atoms with Crippen molar-refractivity contribution in [2.24, 2.45) is 0 Å². The lowest BCUT2D eigenvalue weighted by atomic mass is 9.94. The highest BCUT2D eigenvalue weighted by Crippen LogP contribution is 2.40. The molecule has 5 nitrogen and oxygen atoms in total. The molecule has 0 aliphatic heterocycles. The zero-order valence-electron chi connectivity index (χ0n) is 29.5. The summed E-state index contributed by atoms with van der Waals surface area (Å²) in [7, 11) is 0. The molecule has 0 unspecified atom stereocenters. The van der Waals surface area contributed by atoms with Crippen LogP contribution >= 0.6 is 0 Å². The molecule has 0 fully saturated rings. The van der Waals surface area contributed by atoms with Crippen molar-refractivity contribution in [2.75, 3.05) is 0 Å². The van der Waals surface area contributed by atoms with E-state index in [4.69, 9.17) is 24.4 Å². The summed E-state index contributed by atoms with van der Waals surface area (Å²) in [5.74, 6) is 2.46. The van der Waals surface area contributed by atoms with Crippen LogP contribution in [0.25, 0.3) is 111 Å². The van der Waals surface area contributed by atoms with Crippen molar-refractivity contribution in [3.63, 3.8) is 0 Å². The Morgan fingerprint density at radius 1 is 0.327 bits per heavy atom. The normalized spacial score (nSPS) is 11.6. The third-order valence-electron chi connectivity index (χ3n) is 10.5. The minimum Gasteiger partial charge on any atom is -0.435 e. The Balaban J connectivity index is 1.15. The van der Waals surface area contributed by atoms with Crippen molar-refractivity contribution in [3.8, 4) is 56.7 Å². The van der Waals surface area contributed by atoms with E-state index >= 15 is 0 Å². The highest BCUT2D eigenvalue weighted by molar-refractivity contribution is 6.26. The standard InChI is InChI=1S/C50H30N4O/c1-3-11-31(12-4-1)37-17-9-18-38(29-37)47-52-48(54-49(53-47)41-20-10-16-32-13-7-8-19-40(32)41)39-26-22-33-21-23-34-24-25-35-27-28-43-46(45(35)44(34)42(33)30-39)55-50(51-43)36-14-5-2-6-15-36/h1-30H. The van der Waals surface area contributed by atoms with E-state index in [1.165, 1.54) is 0 Å². The molecule has 0 saturated heterocycles. The summed E-state index contributed by atoms with van der Waals surface area (Å²) in [5, 5.41) is 8.78. The number of fused-ring (bicyclic) bond motifs is 8. The van der Waals surface area contributed by atoms with Gasteiger partial charge >= 0.3 is 0 Å². The molecule has 11 aromatic rings. The Hall–Kier alpha value is -7.50. The molecule has 2 aromatic heterocycles. The average Bonchev–Trinajstić information content (AvgIpc) is 3.71. The Morgan fingerprint density at radius 2 is 0.891 bits per heavy atom. The molecular weight excluding hydrogens is 673 g/mol. The summed E-state index contributed by atoms with van der Waals surface area (Å²) in [6.07, 6.45) is 0. The number of oxazole rings is 1. The second kappa shape index (κ2) is 12.6. The molecule has 0 atom stereocenters. The van der Waals surface area contributed by atoms with E-state index in [2.05, 4.69) is 140 Å². The van der Waals surface area contributed by atoms with E-state index in [9.17, 15) is 0 Å². The quantitative estimate of drug-likeness (QED) is 0.167. The molecule has 0 amide bonds. The van der Waals surface area contributed by atoms with Gasteiger partial charge < -0.3 is 4.42 Å². The Bertz CT molecular complexity index is 3250. The van der Waals surface area contributed by atoms with Crippen molar-refractivity contribution in [3.05, 3.63) is 182 Å². The van der Waals surface area contributed by atoms with Gasteiger partial charge in [-0.1, -0.05) is 152 Å². The van der Waals surface area contributed by atoms with E-state index in [0.29, 0.717) is 23.4 Å². The first kappa shape index (κ1) is 31.1. The van der Waals surface area contributed by atoms with Crippen LogP contribution in [0.1, 0.15) is 0 Å². The zero-order valence-corrected chi connectivity index (χ0v) is 29.5. The molecule has 55 heavy (non-hydrogen) atoms. The summed E-state index contributed by atoms with van der Waals surface area (Å²) in [5.41, 5.74) is 7.57. The monoisotopic (exact) mass is 702 g/mol. The second-order valence-corrected chi connectivity index (χ2v) is 13.8. The van der Waals surface area contributed by atoms with Gasteiger partial charge in [-0.25, -0.2) is 19.9 Å². The van der Waals surface area contributed by atoms with Crippen molar-refractivity contribution in [1.82, 2.24) is 19.9 Å². The first-order valence-electron chi connectivity index (χ1n) is 18.4. The van der Waals surface area contributed by atoms with E-state index in [-0.39, 0.29) is 0 Å². The number of nitrogens with zero attached hydrogens (tertiary/aromatic N) is 4. The van der Waals surface area contributed by atoms with Crippen LogP contribution in [0.2, 0.25) is 0 Å². The Morgan fingerprint density at radius 3 is 1.71 bits per heavy atom. The highest BCUT2D eigenvalue weighted by Gasteiger charge is 2.18. The zero-order chi connectivity index (χ0) is 36.3. The Labute approximate surface area is 316 Å². The second-order valence-electron chi connectivity index (χ2n) is 13.8. The Kier molecular flexibility index (Phi) is 7.10. The number of aromatic nitrogens is 4. The molecule has 0 aliphatic carbocycles. The molecule has 2 heterocycles. The third kappa shape index (κ3) is 5.33. The number of benzene rings is 9. The van der Waals surface area contributed by atoms with Crippen LogP contribution in [0, 0.1) is 0 Å². The van der Waals surface area contributed by atoms with Crippen LogP contribution in [0.5, 0.6) is 0 Å². The van der Waals surface area contributed by atoms with Crippen LogP contribution in [-0.2, 0) is 0 Å². The van der Waals surface area contributed by atoms with Gasteiger partial charge in [0.15, 0.2) is 23.1 Å². The first-order valence-corrected chi connectivity index (χ1v) is 18.4.